The Morgan fingerprint density at radius 3 is 2.57 bits per heavy atom. The number of benzene rings is 2. The molecule has 0 saturated carbocycles. The van der Waals surface area contributed by atoms with E-state index >= 15 is 0 Å². The number of nitrogens with zero attached hydrogens (tertiary/aromatic N) is 5. The third-order valence-electron chi connectivity index (χ3n) is 8.99. The molecular weight excluding hydrogens is 558 g/mol. The first-order valence-corrected chi connectivity index (χ1v) is 15.5. The first-order valence-electron chi connectivity index (χ1n) is 15.5. The van der Waals surface area contributed by atoms with Gasteiger partial charge < -0.3 is 23.8 Å². The maximum Gasteiger partial charge on any atom is 0.410 e. The van der Waals surface area contributed by atoms with Crippen molar-refractivity contribution in [3.8, 4) is 11.6 Å². The standard InChI is InChI=1S/C34H41N5O5/c1-32(2,3)44-31(40)39-16-17-41-22-34(39)12-14-37(15-13-34)28-7-5-6-24-8-11-29(36-30(24)28)38-23-35-26-18-25(9-10-27(26)38)43-21-33(4)19-42-20-33/h5-11,18,23H,12-17,19-22H2,1-4H3. The zero-order chi connectivity index (χ0) is 30.5. The zero-order valence-electron chi connectivity index (χ0n) is 26.0. The first kappa shape index (κ1) is 28.9. The smallest absolute Gasteiger partial charge is 0.410 e. The molecule has 1 amide bonds. The monoisotopic (exact) mass is 599 g/mol. The van der Waals surface area contributed by atoms with E-state index in [9.17, 15) is 4.79 Å². The zero-order valence-corrected chi connectivity index (χ0v) is 26.0. The Morgan fingerprint density at radius 2 is 1.82 bits per heavy atom. The van der Waals surface area contributed by atoms with Gasteiger partial charge in [-0.25, -0.2) is 14.8 Å². The molecule has 7 rings (SSSR count). The number of fused-ring (bicyclic) bond motifs is 2. The van der Waals surface area contributed by atoms with E-state index < -0.39 is 5.60 Å². The van der Waals surface area contributed by atoms with Gasteiger partial charge in [-0.05, 0) is 63.9 Å². The van der Waals surface area contributed by atoms with Crippen LogP contribution in [0.2, 0.25) is 0 Å². The highest BCUT2D eigenvalue weighted by atomic mass is 16.6. The lowest BCUT2D eigenvalue weighted by atomic mass is 9.85. The second-order valence-corrected chi connectivity index (χ2v) is 13.8. The number of anilines is 1. The van der Waals surface area contributed by atoms with Crippen molar-refractivity contribution in [2.75, 3.05) is 57.6 Å². The number of imidazole rings is 1. The predicted molar refractivity (Wildman–Crippen MR) is 169 cm³/mol. The van der Waals surface area contributed by atoms with Gasteiger partial charge in [0.1, 0.15) is 23.5 Å². The molecule has 0 N–H and O–H groups in total. The summed E-state index contributed by atoms with van der Waals surface area (Å²) in [5, 5.41) is 1.08. The van der Waals surface area contributed by atoms with Crippen LogP contribution in [-0.2, 0) is 14.2 Å². The molecule has 0 bridgehead atoms. The second kappa shape index (κ2) is 10.9. The molecule has 2 aromatic carbocycles. The van der Waals surface area contributed by atoms with Crippen molar-refractivity contribution < 1.29 is 23.7 Å². The summed E-state index contributed by atoms with van der Waals surface area (Å²) >= 11 is 0. The molecule has 4 aromatic rings. The highest BCUT2D eigenvalue weighted by Crippen LogP contribution is 2.37. The number of piperidine rings is 1. The highest BCUT2D eigenvalue weighted by molar-refractivity contribution is 5.92. The maximum atomic E-state index is 13.2. The molecule has 232 valence electrons. The average molecular weight is 600 g/mol. The van der Waals surface area contributed by atoms with Gasteiger partial charge in [-0.1, -0.05) is 19.1 Å². The molecule has 0 atom stereocenters. The van der Waals surface area contributed by atoms with E-state index in [4.69, 9.17) is 23.9 Å². The van der Waals surface area contributed by atoms with E-state index in [0.29, 0.717) is 26.4 Å². The summed E-state index contributed by atoms with van der Waals surface area (Å²) in [5.41, 5.74) is 3.05. The number of aromatic nitrogens is 3. The highest BCUT2D eigenvalue weighted by Gasteiger charge is 2.46. The van der Waals surface area contributed by atoms with Crippen LogP contribution in [0.5, 0.6) is 5.75 Å². The molecule has 2 aromatic heterocycles. The van der Waals surface area contributed by atoms with Crippen molar-refractivity contribution in [2.24, 2.45) is 5.41 Å². The summed E-state index contributed by atoms with van der Waals surface area (Å²) in [7, 11) is 0. The van der Waals surface area contributed by atoms with Gasteiger partial charge in [0.15, 0.2) is 0 Å². The molecule has 3 fully saturated rings. The van der Waals surface area contributed by atoms with Gasteiger partial charge in [0.2, 0.25) is 0 Å². The van der Waals surface area contributed by atoms with Crippen LogP contribution in [0.1, 0.15) is 40.5 Å². The van der Waals surface area contributed by atoms with Crippen LogP contribution in [0.25, 0.3) is 27.8 Å². The average Bonchev–Trinajstić information content (AvgIpc) is 3.42. The van der Waals surface area contributed by atoms with Crippen molar-refractivity contribution in [3.05, 3.63) is 54.9 Å². The summed E-state index contributed by atoms with van der Waals surface area (Å²) in [6, 6.07) is 16.5. The number of amides is 1. The van der Waals surface area contributed by atoms with E-state index in [1.807, 2.05) is 60.8 Å². The minimum Gasteiger partial charge on any atom is -0.493 e. The van der Waals surface area contributed by atoms with Gasteiger partial charge in [-0.2, -0.15) is 0 Å². The number of ether oxygens (including phenoxy) is 4. The molecule has 3 aliphatic rings. The Labute approximate surface area is 257 Å². The molecule has 10 nitrogen and oxygen atoms in total. The lowest BCUT2D eigenvalue weighted by Crippen LogP contribution is -2.63. The molecule has 3 saturated heterocycles. The fraction of sp³-hybridized carbons (Fsp3) is 0.500. The van der Waals surface area contributed by atoms with E-state index in [1.165, 1.54) is 0 Å². The van der Waals surface area contributed by atoms with Crippen molar-refractivity contribution in [1.82, 2.24) is 19.4 Å². The van der Waals surface area contributed by atoms with Gasteiger partial charge in [0.05, 0.1) is 60.8 Å². The fourth-order valence-corrected chi connectivity index (χ4v) is 6.48. The molecule has 0 radical (unpaired) electrons. The van der Waals surface area contributed by atoms with Crippen LogP contribution in [0.15, 0.2) is 54.9 Å². The van der Waals surface area contributed by atoms with Gasteiger partial charge in [0, 0.05) is 36.5 Å². The molecule has 44 heavy (non-hydrogen) atoms. The normalized spacial score (nSPS) is 19.7. The number of pyridine rings is 1. The van der Waals surface area contributed by atoms with Crippen LogP contribution in [0.4, 0.5) is 10.5 Å². The third kappa shape index (κ3) is 5.45. The van der Waals surface area contributed by atoms with Crippen molar-refractivity contribution in [2.45, 2.75) is 51.7 Å². The topological polar surface area (TPSA) is 91.2 Å². The minimum atomic E-state index is -0.538. The van der Waals surface area contributed by atoms with Crippen molar-refractivity contribution in [3.63, 3.8) is 0 Å². The summed E-state index contributed by atoms with van der Waals surface area (Å²) in [6.07, 6.45) is 3.17. The summed E-state index contributed by atoms with van der Waals surface area (Å²) in [6.45, 7) is 13.2. The predicted octanol–water partition coefficient (Wildman–Crippen LogP) is 5.60. The quantitative estimate of drug-likeness (QED) is 0.293. The summed E-state index contributed by atoms with van der Waals surface area (Å²) in [5.74, 6) is 1.62. The Bertz CT molecular complexity index is 1680. The van der Waals surface area contributed by atoms with Crippen LogP contribution < -0.4 is 9.64 Å². The van der Waals surface area contributed by atoms with Crippen LogP contribution in [0.3, 0.4) is 0 Å². The second-order valence-electron chi connectivity index (χ2n) is 13.8. The molecule has 1 spiro atoms. The Morgan fingerprint density at radius 1 is 1.00 bits per heavy atom. The van der Waals surface area contributed by atoms with Crippen LogP contribution >= 0.6 is 0 Å². The summed E-state index contributed by atoms with van der Waals surface area (Å²) in [4.78, 5) is 27.3. The Kier molecular flexibility index (Phi) is 7.16. The third-order valence-corrected chi connectivity index (χ3v) is 8.99. The van der Waals surface area contributed by atoms with E-state index in [1.54, 1.807) is 0 Å². The lowest BCUT2D eigenvalue weighted by molar-refractivity contribution is -0.120. The van der Waals surface area contributed by atoms with E-state index in [2.05, 4.69) is 41.1 Å². The van der Waals surface area contributed by atoms with Gasteiger partial charge in [0.25, 0.3) is 0 Å². The molecular formula is C34H41N5O5. The van der Waals surface area contributed by atoms with Crippen LogP contribution in [0, 0.1) is 5.41 Å². The molecule has 3 aliphatic heterocycles. The number of hydrogen-bond acceptors (Lipinski definition) is 8. The molecule has 10 heteroatoms. The van der Waals surface area contributed by atoms with Crippen LogP contribution in [-0.4, -0.2) is 89.3 Å². The number of hydrogen-bond donors (Lipinski definition) is 0. The number of carbonyl (C=O) groups is 1. The van der Waals surface area contributed by atoms with Gasteiger partial charge >= 0.3 is 6.09 Å². The summed E-state index contributed by atoms with van der Waals surface area (Å²) < 4.78 is 25.1. The van der Waals surface area contributed by atoms with E-state index in [0.717, 1.165) is 78.3 Å². The number of carbonyl (C=O) groups excluding carboxylic acids is 1. The lowest BCUT2D eigenvalue weighted by Gasteiger charge is -2.51. The molecule has 0 unspecified atom stereocenters. The first-order chi connectivity index (χ1) is 21.1. The fourth-order valence-electron chi connectivity index (χ4n) is 6.48. The SMILES string of the molecule is CC1(COc2ccc3c(c2)ncn3-c2ccc3cccc(N4CCC5(CC4)COCCN5C(=O)OC(C)(C)C)c3n2)COC1. The number of rotatable bonds is 5. The van der Waals surface area contributed by atoms with E-state index in [-0.39, 0.29) is 17.0 Å². The van der Waals surface area contributed by atoms with Gasteiger partial charge in [-0.15, -0.1) is 0 Å². The van der Waals surface area contributed by atoms with Gasteiger partial charge in [-0.3, -0.25) is 9.47 Å². The van der Waals surface area contributed by atoms with Crippen molar-refractivity contribution in [1.29, 1.82) is 0 Å². The van der Waals surface area contributed by atoms with Crippen molar-refractivity contribution >= 4 is 33.7 Å². The maximum absolute atomic E-state index is 13.2. The Hall–Kier alpha value is -3.89. The largest absolute Gasteiger partial charge is 0.493 e. The molecule has 5 heterocycles. The Balaban J connectivity index is 1.12. The number of morpholine rings is 1. The number of para-hydroxylation sites is 1. The molecule has 0 aliphatic carbocycles. The minimum absolute atomic E-state index is 0.0810.